The van der Waals surface area contributed by atoms with Gasteiger partial charge in [0.15, 0.2) is 5.11 Å². The number of benzene rings is 1. The van der Waals surface area contributed by atoms with E-state index in [-0.39, 0.29) is 0 Å². The standard InChI is InChI=1S/C15H22N2OS/c1-17(15(19)16-10-11-18-2)14-9-5-7-12-6-3-4-8-13(12)14/h3-4,6,8,14H,5,7,9-11H2,1-2H3,(H,16,19)/t14-/m0/s1. The Labute approximate surface area is 120 Å². The maximum Gasteiger partial charge on any atom is 0.169 e. The Bertz CT molecular complexity index is 436. The predicted molar refractivity (Wildman–Crippen MR) is 82.4 cm³/mol. The monoisotopic (exact) mass is 278 g/mol. The summed E-state index contributed by atoms with van der Waals surface area (Å²) in [5.41, 5.74) is 2.89. The van der Waals surface area contributed by atoms with E-state index in [9.17, 15) is 0 Å². The highest BCUT2D eigenvalue weighted by molar-refractivity contribution is 7.80. The largest absolute Gasteiger partial charge is 0.383 e. The van der Waals surface area contributed by atoms with Crippen LogP contribution in [-0.2, 0) is 11.2 Å². The number of nitrogens with one attached hydrogen (secondary N) is 1. The first kappa shape index (κ1) is 14.3. The molecule has 0 amide bonds. The molecule has 0 aromatic heterocycles. The minimum Gasteiger partial charge on any atom is -0.383 e. The average molecular weight is 278 g/mol. The molecule has 0 heterocycles. The number of aryl methyl sites for hydroxylation is 1. The Kier molecular flexibility index (Phi) is 5.16. The van der Waals surface area contributed by atoms with Crippen LogP contribution in [0.15, 0.2) is 24.3 Å². The van der Waals surface area contributed by atoms with Gasteiger partial charge in [-0.15, -0.1) is 0 Å². The van der Waals surface area contributed by atoms with Gasteiger partial charge in [-0.3, -0.25) is 0 Å². The minimum absolute atomic E-state index is 0.396. The molecular formula is C15H22N2OS. The van der Waals surface area contributed by atoms with E-state index in [0.717, 1.165) is 11.7 Å². The molecule has 1 aromatic rings. The van der Waals surface area contributed by atoms with Gasteiger partial charge in [-0.2, -0.15) is 0 Å². The zero-order valence-corrected chi connectivity index (χ0v) is 12.5. The first-order valence-corrected chi connectivity index (χ1v) is 7.22. The summed E-state index contributed by atoms with van der Waals surface area (Å²) in [4.78, 5) is 2.18. The normalized spacial score (nSPS) is 17.7. The smallest absolute Gasteiger partial charge is 0.169 e. The van der Waals surface area contributed by atoms with Gasteiger partial charge in [0.1, 0.15) is 0 Å². The molecule has 0 unspecified atom stereocenters. The highest BCUT2D eigenvalue weighted by atomic mass is 32.1. The van der Waals surface area contributed by atoms with Gasteiger partial charge in [0, 0.05) is 20.7 Å². The van der Waals surface area contributed by atoms with Crippen LogP contribution in [-0.4, -0.2) is 37.3 Å². The summed E-state index contributed by atoms with van der Waals surface area (Å²) in [5, 5.41) is 4.05. The molecular weight excluding hydrogens is 256 g/mol. The molecule has 0 spiro atoms. The first-order chi connectivity index (χ1) is 9.24. The topological polar surface area (TPSA) is 24.5 Å². The lowest BCUT2D eigenvalue weighted by Gasteiger charge is -2.35. The Morgan fingerprint density at radius 2 is 2.26 bits per heavy atom. The van der Waals surface area contributed by atoms with Gasteiger partial charge in [-0.05, 0) is 42.6 Å². The van der Waals surface area contributed by atoms with Crippen LogP contribution in [0.1, 0.15) is 30.0 Å². The van der Waals surface area contributed by atoms with Crippen molar-refractivity contribution in [1.29, 1.82) is 0 Å². The third kappa shape index (κ3) is 3.45. The Morgan fingerprint density at radius 3 is 3.05 bits per heavy atom. The Balaban J connectivity index is 2.04. The van der Waals surface area contributed by atoms with Crippen LogP contribution in [0.5, 0.6) is 0 Å². The van der Waals surface area contributed by atoms with E-state index in [1.165, 1.54) is 30.4 Å². The second-order valence-electron chi connectivity index (χ2n) is 4.94. The van der Waals surface area contributed by atoms with Crippen LogP contribution in [0.2, 0.25) is 0 Å². The summed E-state index contributed by atoms with van der Waals surface area (Å²) in [7, 11) is 3.78. The van der Waals surface area contributed by atoms with Crippen LogP contribution >= 0.6 is 12.2 Å². The molecule has 3 nitrogen and oxygen atoms in total. The van der Waals surface area contributed by atoms with E-state index in [1.54, 1.807) is 7.11 Å². The molecule has 0 aliphatic heterocycles. The predicted octanol–water partition coefficient (Wildman–Crippen LogP) is 2.52. The van der Waals surface area contributed by atoms with Crippen molar-refractivity contribution in [3.63, 3.8) is 0 Å². The number of methoxy groups -OCH3 is 1. The van der Waals surface area contributed by atoms with Crippen molar-refractivity contribution in [2.75, 3.05) is 27.3 Å². The third-order valence-electron chi connectivity index (χ3n) is 3.71. The average Bonchev–Trinajstić information content (AvgIpc) is 2.46. The molecule has 1 atom stereocenters. The highest BCUT2D eigenvalue weighted by Gasteiger charge is 2.24. The zero-order chi connectivity index (χ0) is 13.7. The fraction of sp³-hybridized carbons (Fsp3) is 0.533. The summed E-state index contributed by atoms with van der Waals surface area (Å²) in [5.74, 6) is 0. The SMILES string of the molecule is COCCNC(=S)N(C)[C@H]1CCCc2ccccc21. The maximum atomic E-state index is 5.46. The molecule has 19 heavy (non-hydrogen) atoms. The van der Waals surface area contributed by atoms with Crippen molar-refractivity contribution in [1.82, 2.24) is 10.2 Å². The van der Waals surface area contributed by atoms with Gasteiger partial charge in [0.25, 0.3) is 0 Å². The van der Waals surface area contributed by atoms with Gasteiger partial charge < -0.3 is 15.0 Å². The van der Waals surface area contributed by atoms with Crippen LogP contribution in [0.25, 0.3) is 0 Å². The van der Waals surface area contributed by atoms with Crippen molar-refractivity contribution in [2.24, 2.45) is 0 Å². The van der Waals surface area contributed by atoms with Crippen molar-refractivity contribution in [3.05, 3.63) is 35.4 Å². The summed E-state index contributed by atoms with van der Waals surface area (Å²) < 4.78 is 5.03. The molecule has 1 aromatic carbocycles. The number of nitrogens with zero attached hydrogens (tertiary/aromatic N) is 1. The molecule has 0 bridgehead atoms. The molecule has 4 heteroatoms. The summed E-state index contributed by atoms with van der Waals surface area (Å²) in [6, 6.07) is 9.10. The lowest BCUT2D eigenvalue weighted by Crippen LogP contribution is -2.41. The number of fused-ring (bicyclic) bond motifs is 1. The van der Waals surface area contributed by atoms with Crippen LogP contribution in [0, 0.1) is 0 Å². The highest BCUT2D eigenvalue weighted by Crippen LogP contribution is 2.33. The second-order valence-corrected chi connectivity index (χ2v) is 5.33. The van der Waals surface area contributed by atoms with E-state index in [0.29, 0.717) is 12.6 Å². The number of hydrogen-bond donors (Lipinski definition) is 1. The number of ether oxygens (including phenoxy) is 1. The molecule has 0 radical (unpaired) electrons. The van der Waals surface area contributed by atoms with Crippen LogP contribution in [0.3, 0.4) is 0 Å². The van der Waals surface area contributed by atoms with E-state index in [1.807, 2.05) is 0 Å². The Hall–Kier alpha value is -1.13. The second kappa shape index (κ2) is 6.87. The zero-order valence-electron chi connectivity index (χ0n) is 11.7. The molecule has 1 aliphatic rings. The minimum atomic E-state index is 0.396. The number of rotatable bonds is 4. The molecule has 104 valence electrons. The van der Waals surface area contributed by atoms with Gasteiger partial charge in [0.2, 0.25) is 0 Å². The summed E-state index contributed by atoms with van der Waals surface area (Å²) in [6.07, 6.45) is 3.58. The summed E-state index contributed by atoms with van der Waals surface area (Å²) >= 11 is 5.46. The lowest BCUT2D eigenvalue weighted by molar-refractivity contribution is 0.202. The van der Waals surface area contributed by atoms with E-state index in [4.69, 9.17) is 17.0 Å². The number of hydrogen-bond acceptors (Lipinski definition) is 2. The molecule has 0 saturated heterocycles. The van der Waals surface area contributed by atoms with Crippen molar-refractivity contribution in [2.45, 2.75) is 25.3 Å². The van der Waals surface area contributed by atoms with E-state index < -0.39 is 0 Å². The molecule has 0 fully saturated rings. The fourth-order valence-corrected chi connectivity index (χ4v) is 2.89. The van der Waals surface area contributed by atoms with Crippen LogP contribution < -0.4 is 5.32 Å². The van der Waals surface area contributed by atoms with Crippen LogP contribution in [0.4, 0.5) is 0 Å². The van der Waals surface area contributed by atoms with Gasteiger partial charge in [-0.25, -0.2) is 0 Å². The van der Waals surface area contributed by atoms with Crippen molar-refractivity contribution < 1.29 is 4.74 Å². The molecule has 1 aliphatic carbocycles. The quantitative estimate of drug-likeness (QED) is 0.675. The van der Waals surface area contributed by atoms with Gasteiger partial charge in [0.05, 0.1) is 12.6 Å². The van der Waals surface area contributed by atoms with E-state index in [2.05, 4.69) is 41.5 Å². The first-order valence-electron chi connectivity index (χ1n) is 6.81. The van der Waals surface area contributed by atoms with E-state index >= 15 is 0 Å². The number of thiocarbonyl (C=S) groups is 1. The maximum absolute atomic E-state index is 5.46. The summed E-state index contributed by atoms with van der Waals surface area (Å²) in [6.45, 7) is 1.43. The third-order valence-corrected chi connectivity index (χ3v) is 4.14. The molecule has 2 rings (SSSR count). The van der Waals surface area contributed by atoms with Crippen molar-refractivity contribution in [3.8, 4) is 0 Å². The Morgan fingerprint density at radius 1 is 1.47 bits per heavy atom. The van der Waals surface area contributed by atoms with Crippen molar-refractivity contribution >= 4 is 17.3 Å². The fourth-order valence-electron chi connectivity index (χ4n) is 2.66. The van der Waals surface area contributed by atoms with Gasteiger partial charge >= 0.3 is 0 Å². The molecule has 0 saturated carbocycles. The molecule has 1 N–H and O–H groups in total. The lowest BCUT2D eigenvalue weighted by atomic mass is 9.87. The van der Waals surface area contributed by atoms with Gasteiger partial charge in [-0.1, -0.05) is 24.3 Å².